The van der Waals surface area contributed by atoms with Crippen LogP contribution >= 0.6 is 0 Å². The maximum atomic E-state index is 12.5. The highest BCUT2D eigenvalue weighted by atomic mass is 16.5. The lowest BCUT2D eigenvalue weighted by molar-refractivity contribution is -0.129. The second-order valence-electron chi connectivity index (χ2n) is 6.68. The van der Waals surface area contributed by atoms with E-state index in [0.717, 1.165) is 45.7 Å². The minimum atomic E-state index is -0.278. The van der Waals surface area contributed by atoms with Crippen LogP contribution in [0.5, 0.6) is 5.75 Å². The molecule has 2 amide bonds. The summed E-state index contributed by atoms with van der Waals surface area (Å²) in [6.07, 6.45) is 1.01. The molecule has 0 aromatic heterocycles. The molecule has 7 heteroatoms. The van der Waals surface area contributed by atoms with Crippen LogP contribution in [-0.4, -0.2) is 80.1 Å². The van der Waals surface area contributed by atoms with Crippen LogP contribution in [0.1, 0.15) is 23.7 Å². The van der Waals surface area contributed by atoms with Gasteiger partial charge in [-0.05, 0) is 25.5 Å². The second-order valence-corrected chi connectivity index (χ2v) is 6.68. The summed E-state index contributed by atoms with van der Waals surface area (Å²) in [7, 11) is 0. The predicted octanol–water partition coefficient (Wildman–Crippen LogP) is 0.321. The molecule has 26 heavy (non-hydrogen) atoms. The largest absolute Gasteiger partial charge is 0.493 e. The highest BCUT2D eigenvalue weighted by molar-refractivity contribution is 5.98. The van der Waals surface area contributed by atoms with Gasteiger partial charge < -0.3 is 20.3 Å². The van der Waals surface area contributed by atoms with E-state index < -0.39 is 0 Å². The monoisotopic (exact) mass is 360 g/mol. The summed E-state index contributed by atoms with van der Waals surface area (Å²) in [5.74, 6) is 0.241. The third-order valence-electron chi connectivity index (χ3n) is 5.02. The van der Waals surface area contributed by atoms with Crippen molar-refractivity contribution in [2.45, 2.75) is 19.4 Å². The first-order chi connectivity index (χ1) is 12.7. The van der Waals surface area contributed by atoms with E-state index in [2.05, 4.69) is 15.5 Å². The Bertz CT molecular complexity index is 631. The first kappa shape index (κ1) is 18.7. The molecule has 2 N–H and O–H groups in total. The molecule has 2 heterocycles. The molecule has 3 rings (SSSR count). The van der Waals surface area contributed by atoms with Gasteiger partial charge >= 0.3 is 0 Å². The summed E-state index contributed by atoms with van der Waals surface area (Å²) in [5, 5.41) is 6.09. The SMILES string of the molecule is CCOc1ccccc1C(=O)NCC(=O)N1CCC(N2CCNCC2)C1. The van der Waals surface area contributed by atoms with E-state index in [1.807, 2.05) is 17.9 Å². The lowest BCUT2D eigenvalue weighted by Crippen LogP contribution is -2.49. The summed E-state index contributed by atoms with van der Waals surface area (Å²) in [6, 6.07) is 7.53. The maximum absolute atomic E-state index is 12.5. The Morgan fingerprint density at radius 2 is 2.00 bits per heavy atom. The summed E-state index contributed by atoms with van der Waals surface area (Å²) in [5.41, 5.74) is 0.460. The van der Waals surface area contributed by atoms with Crippen LogP contribution in [0.15, 0.2) is 24.3 Å². The van der Waals surface area contributed by atoms with Gasteiger partial charge in [0.2, 0.25) is 5.91 Å². The highest BCUT2D eigenvalue weighted by Crippen LogP contribution is 2.18. The van der Waals surface area contributed by atoms with Gasteiger partial charge in [0.15, 0.2) is 0 Å². The van der Waals surface area contributed by atoms with Gasteiger partial charge in [-0.15, -0.1) is 0 Å². The number of para-hydroxylation sites is 1. The molecule has 0 spiro atoms. The van der Waals surface area contributed by atoms with Crippen LogP contribution in [0.25, 0.3) is 0 Å². The maximum Gasteiger partial charge on any atom is 0.255 e. The Hall–Kier alpha value is -2.12. The molecule has 1 aromatic carbocycles. The Morgan fingerprint density at radius 1 is 1.23 bits per heavy atom. The quantitative estimate of drug-likeness (QED) is 0.764. The number of carbonyl (C=O) groups is 2. The highest BCUT2D eigenvalue weighted by Gasteiger charge is 2.30. The van der Waals surface area contributed by atoms with E-state index in [4.69, 9.17) is 4.74 Å². The number of nitrogens with one attached hydrogen (secondary N) is 2. The molecule has 0 radical (unpaired) electrons. The minimum Gasteiger partial charge on any atom is -0.493 e. The van der Waals surface area contributed by atoms with Gasteiger partial charge in [-0.25, -0.2) is 0 Å². The molecule has 2 saturated heterocycles. The average Bonchev–Trinajstić information content (AvgIpc) is 3.17. The molecule has 142 valence electrons. The van der Waals surface area contributed by atoms with Crippen LogP contribution in [0.3, 0.4) is 0 Å². The lowest BCUT2D eigenvalue weighted by atomic mass is 10.2. The number of amides is 2. The zero-order valence-corrected chi connectivity index (χ0v) is 15.4. The lowest BCUT2D eigenvalue weighted by Gasteiger charge is -2.32. The summed E-state index contributed by atoms with van der Waals surface area (Å²) < 4.78 is 5.48. The predicted molar refractivity (Wildman–Crippen MR) is 99.4 cm³/mol. The molecule has 2 fully saturated rings. The van der Waals surface area contributed by atoms with E-state index in [9.17, 15) is 9.59 Å². The van der Waals surface area contributed by atoms with Crippen LogP contribution < -0.4 is 15.4 Å². The third kappa shape index (κ3) is 4.53. The van der Waals surface area contributed by atoms with Crippen molar-refractivity contribution in [2.24, 2.45) is 0 Å². The number of hydrogen-bond donors (Lipinski definition) is 2. The van der Waals surface area contributed by atoms with Crippen molar-refractivity contribution in [1.29, 1.82) is 0 Å². The first-order valence-electron chi connectivity index (χ1n) is 9.41. The molecular formula is C19H28N4O3. The number of benzene rings is 1. The number of hydrogen-bond acceptors (Lipinski definition) is 5. The fourth-order valence-electron chi connectivity index (χ4n) is 3.61. The number of rotatable bonds is 6. The Labute approximate surface area is 154 Å². The Kier molecular flexibility index (Phi) is 6.46. The zero-order valence-electron chi connectivity index (χ0n) is 15.4. The van der Waals surface area contributed by atoms with Crippen molar-refractivity contribution in [3.05, 3.63) is 29.8 Å². The number of likely N-dealkylation sites (tertiary alicyclic amines) is 1. The van der Waals surface area contributed by atoms with Crippen molar-refractivity contribution in [2.75, 3.05) is 52.4 Å². The molecule has 1 atom stereocenters. The smallest absolute Gasteiger partial charge is 0.255 e. The van der Waals surface area contributed by atoms with Crippen LogP contribution in [0.4, 0.5) is 0 Å². The standard InChI is InChI=1S/C19H28N4O3/c1-2-26-17-6-4-3-5-16(17)19(25)21-13-18(24)23-10-7-15(14-23)22-11-8-20-9-12-22/h3-6,15,20H,2,7-14H2,1H3,(H,21,25). The zero-order chi connectivity index (χ0) is 18.4. The molecule has 0 bridgehead atoms. The molecular weight excluding hydrogens is 332 g/mol. The van der Waals surface area contributed by atoms with Gasteiger partial charge in [-0.2, -0.15) is 0 Å². The van der Waals surface area contributed by atoms with Gasteiger partial charge in [-0.3, -0.25) is 14.5 Å². The Balaban J connectivity index is 1.49. The van der Waals surface area contributed by atoms with Gasteiger partial charge in [0.1, 0.15) is 5.75 Å². The van der Waals surface area contributed by atoms with Crippen LogP contribution in [-0.2, 0) is 4.79 Å². The second kappa shape index (κ2) is 9.00. The molecule has 0 saturated carbocycles. The molecule has 1 unspecified atom stereocenters. The van der Waals surface area contributed by atoms with E-state index in [1.165, 1.54) is 0 Å². The van der Waals surface area contributed by atoms with Gasteiger partial charge in [-0.1, -0.05) is 12.1 Å². The van der Waals surface area contributed by atoms with E-state index in [0.29, 0.717) is 24.0 Å². The van der Waals surface area contributed by atoms with Gasteiger partial charge in [0.05, 0.1) is 18.7 Å². The first-order valence-corrected chi connectivity index (χ1v) is 9.41. The van der Waals surface area contributed by atoms with Crippen molar-refractivity contribution in [3.63, 3.8) is 0 Å². The van der Waals surface area contributed by atoms with E-state index in [1.54, 1.807) is 18.2 Å². The fourth-order valence-corrected chi connectivity index (χ4v) is 3.61. The van der Waals surface area contributed by atoms with Crippen molar-refractivity contribution >= 4 is 11.8 Å². The van der Waals surface area contributed by atoms with Crippen molar-refractivity contribution in [1.82, 2.24) is 20.4 Å². The Morgan fingerprint density at radius 3 is 2.77 bits per heavy atom. The topological polar surface area (TPSA) is 73.9 Å². The number of piperazine rings is 1. The van der Waals surface area contributed by atoms with E-state index >= 15 is 0 Å². The van der Waals surface area contributed by atoms with Crippen LogP contribution in [0, 0.1) is 0 Å². The van der Waals surface area contributed by atoms with Crippen molar-refractivity contribution in [3.8, 4) is 5.75 Å². The van der Waals surface area contributed by atoms with Crippen LogP contribution in [0.2, 0.25) is 0 Å². The molecule has 0 aliphatic carbocycles. The third-order valence-corrected chi connectivity index (χ3v) is 5.02. The molecule has 2 aliphatic heterocycles. The van der Waals surface area contributed by atoms with E-state index in [-0.39, 0.29) is 18.4 Å². The van der Waals surface area contributed by atoms with Gasteiger partial charge in [0, 0.05) is 45.3 Å². The number of ether oxygens (including phenoxy) is 1. The summed E-state index contributed by atoms with van der Waals surface area (Å²) in [6.45, 7) is 8.01. The number of carbonyl (C=O) groups excluding carboxylic acids is 2. The van der Waals surface area contributed by atoms with Gasteiger partial charge in [0.25, 0.3) is 5.91 Å². The normalized spacial score (nSPS) is 20.8. The minimum absolute atomic E-state index is 0.0214. The van der Waals surface area contributed by atoms with Crippen molar-refractivity contribution < 1.29 is 14.3 Å². The summed E-state index contributed by atoms with van der Waals surface area (Å²) >= 11 is 0. The fraction of sp³-hybridized carbons (Fsp3) is 0.579. The summed E-state index contributed by atoms with van der Waals surface area (Å²) in [4.78, 5) is 29.2. The number of nitrogens with zero attached hydrogens (tertiary/aromatic N) is 2. The molecule has 1 aromatic rings. The molecule has 2 aliphatic rings. The average molecular weight is 360 g/mol. The molecule has 7 nitrogen and oxygen atoms in total.